The van der Waals surface area contributed by atoms with Gasteiger partial charge in [0, 0.05) is 17.9 Å². The third-order valence-corrected chi connectivity index (χ3v) is 4.23. The molecule has 0 radical (unpaired) electrons. The predicted molar refractivity (Wildman–Crippen MR) is 65.6 cm³/mol. The summed E-state index contributed by atoms with van der Waals surface area (Å²) in [6, 6.07) is 3.12. The third-order valence-electron chi connectivity index (χ3n) is 4.23. The molecule has 2 fully saturated rings. The summed E-state index contributed by atoms with van der Waals surface area (Å²) < 4.78 is 37.2. The van der Waals surface area contributed by atoms with Crippen molar-refractivity contribution in [3.05, 3.63) is 29.6 Å². The molecule has 0 spiro atoms. The van der Waals surface area contributed by atoms with Gasteiger partial charge < -0.3 is 5.32 Å². The van der Waals surface area contributed by atoms with Crippen molar-refractivity contribution >= 4 is 0 Å². The zero-order valence-electron chi connectivity index (χ0n) is 10.6. The Morgan fingerprint density at radius 1 is 1.21 bits per heavy atom. The molecule has 1 aromatic heterocycles. The van der Waals surface area contributed by atoms with Crippen LogP contribution in [0, 0.1) is 11.8 Å². The summed E-state index contributed by atoms with van der Waals surface area (Å²) in [5, 5.41) is 3.51. The van der Waals surface area contributed by atoms with Crippen molar-refractivity contribution in [2.75, 3.05) is 6.54 Å². The van der Waals surface area contributed by atoms with E-state index < -0.39 is 11.7 Å². The minimum atomic E-state index is -4.29. The Balaban J connectivity index is 1.52. The number of piperidine rings is 1. The van der Waals surface area contributed by atoms with Gasteiger partial charge in [0.05, 0.1) is 5.56 Å². The summed E-state index contributed by atoms with van der Waals surface area (Å²) in [7, 11) is 0. The maximum absolute atomic E-state index is 12.4. The van der Waals surface area contributed by atoms with Crippen LogP contribution in [0.3, 0.4) is 0 Å². The first-order chi connectivity index (χ1) is 9.02. The van der Waals surface area contributed by atoms with E-state index in [0.29, 0.717) is 6.04 Å². The van der Waals surface area contributed by atoms with E-state index in [-0.39, 0.29) is 0 Å². The maximum atomic E-state index is 12.4. The van der Waals surface area contributed by atoms with Gasteiger partial charge in [-0.1, -0.05) is 0 Å². The van der Waals surface area contributed by atoms with Crippen molar-refractivity contribution in [2.24, 2.45) is 11.8 Å². The van der Waals surface area contributed by atoms with Gasteiger partial charge in [-0.25, -0.2) is 0 Å². The van der Waals surface area contributed by atoms with E-state index in [4.69, 9.17) is 0 Å². The lowest BCUT2D eigenvalue weighted by Crippen LogP contribution is -2.35. The first-order valence-electron chi connectivity index (χ1n) is 6.78. The smallest absolute Gasteiger partial charge is 0.314 e. The molecular weight excluding hydrogens is 253 g/mol. The summed E-state index contributed by atoms with van der Waals surface area (Å²) in [6.07, 6.45) is 0.903. The van der Waals surface area contributed by atoms with Gasteiger partial charge in [0.15, 0.2) is 0 Å². The quantitative estimate of drug-likeness (QED) is 0.913. The van der Waals surface area contributed by atoms with Gasteiger partial charge in [0.25, 0.3) is 0 Å². The molecule has 1 aliphatic carbocycles. The van der Waals surface area contributed by atoms with Gasteiger partial charge >= 0.3 is 6.18 Å². The molecule has 0 unspecified atom stereocenters. The predicted octanol–water partition coefficient (Wildman–Crippen LogP) is 3.03. The zero-order valence-corrected chi connectivity index (χ0v) is 10.6. The van der Waals surface area contributed by atoms with Gasteiger partial charge in [-0.05, 0) is 56.2 Å². The van der Waals surface area contributed by atoms with Crippen LogP contribution >= 0.6 is 0 Å². The molecule has 1 N–H and O–H groups in total. The molecule has 2 aliphatic rings. The van der Waals surface area contributed by atoms with Gasteiger partial charge in [0.1, 0.15) is 0 Å². The number of nitrogens with one attached hydrogen (secondary N) is 1. The maximum Gasteiger partial charge on any atom is 0.417 e. The Morgan fingerprint density at radius 2 is 2.05 bits per heavy atom. The first kappa shape index (κ1) is 12.9. The Hall–Kier alpha value is -1.10. The van der Waals surface area contributed by atoms with Crippen molar-refractivity contribution < 1.29 is 13.2 Å². The van der Waals surface area contributed by atoms with E-state index in [0.717, 1.165) is 49.2 Å². The molecule has 19 heavy (non-hydrogen) atoms. The summed E-state index contributed by atoms with van der Waals surface area (Å²) in [5.41, 5.74) is 0.0700. The summed E-state index contributed by atoms with van der Waals surface area (Å²) in [4.78, 5) is 3.91. The highest BCUT2D eigenvalue weighted by atomic mass is 19.4. The van der Waals surface area contributed by atoms with E-state index in [1.165, 1.54) is 18.9 Å². The molecule has 2 heterocycles. The van der Waals surface area contributed by atoms with Gasteiger partial charge in [-0.2, -0.15) is 13.2 Å². The molecule has 3 rings (SSSR count). The van der Waals surface area contributed by atoms with Crippen molar-refractivity contribution in [3.63, 3.8) is 0 Å². The summed E-state index contributed by atoms with van der Waals surface area (Å²) >= 11 is 0. The standard InChI is InChI=1S/C14H17F3N2/c15-14(16,17)11-1-2-12(19-8-11)3-4-13-6-9-5-10(9)7-18-13/h1-2,8-10,13,18H,3-7H2/t9-,10+,13-/m1/s1. The second-order valence-electron chi connectivity index (χ2n) is 5.67. The molecule has 3 atom stereocenters. The highest BCUT2D eigenvalue weighted by Gasteiger charge is 2.41. The molecule has 5 heteroatoms. The van der Waals surface area contributed by atoms with Crippen molar-refractivity contribution in [3.8, 4) is 0 Å². The minimum absolute atomic E-state index is 0.507. The topological polar surface area (TPSA) is 24.9 Å². The summed E-state index contributed by atoms with van der Waals surface area (Å²) in [5.74, 6) is 1.78. The highest BCUT2D eigenvalue weighted by molar-refractivity contribution is 5.17. The Labute approximate surface area is 110 Å². The second kappa shape index (κ2) is 4.78. The minimum Gasteiger partial charge on any atom is -0.314 e. The zero-order chi connectivity index (χ0) is 13.5. The molecule has 0 aromatic carbocycles. The number of aryl methyl sites for hydroxylation is 1. The van der Waals surface area contributed by atoms with Crippen molar-refractivity contribution in [1.29, 1.82) is 0 Å². The highest BCUT2D eigenvalue weighted by Crippen LogP contribution is 2.44. The lowest BCUT2D eigenvalue weighted by molar-refractivity contribution is -0.137. The van der Waals surface area contributed by atoms with Crippen LogP contribution in [-0.4, -0.2) is 17.6 Å². The van der Waals surface area contributed by atoms with Crippen LogP contribution in [0.2, 0.25) is 0 Å². The number of aromatic nitrogens is 1. The summed E-state index contributed by atoms with van der Waals surface area (Å²) in [6.45, 7) is 1.11. The first-order valence-corrected chi connectivity index (χ1v) is 6.78. The number of hydrogen-bond donors (Lipinski definition) is 1. The van der Waals surface area contributed by atoms with E-state index in [2.05, 4.69) is 10.3 Å². The van der Waals surface area contributed by atoms with Crippen LogP contribution in [-0.2, 0) is 12.6 Å². The van der Waals surface area contributed by atoms with E-state index in [9.17, 15) is 13.2 Å². The fourth-order valence-corrected chi connectivity index (χ4v) is 2.90. The SMILES string of the molecule is FC(F)(F)c1ccc(CC[C@@H]2C[C@H]3C[C@H]3CN2)nc1. The van der Waals surface area contributed by atoms with Crippen molar-refractivity contribution in [2.45, 2.75) is 37.9 Å². The fourth-order valence-electron chi connectivity index (χ4n) is 2.90. The van der Waals surface area contributed by atoms with Gasteiger partial charge in [-0.15, -0.1) is 0 Å². The van der Waals surface area contributed by atoms with E-state index >= 15 is 0 Å². The number of rotatable bonds is 3. The molecule has 104 valence electrons. The van der Waals surface area contributed by atoms with Crippen LogP contribution < -0.4 is 5.32 Å². The van der Waals surface area contributed by atoms with Gasteiger partial charge in [-0.3, -0.25) is 4.98 Å². The van der Waals surface area contributed by atoms with Crippen LogP contribution in [0.25, 0.3) is 0 Å². The molecule has 0 amide bonds. The van der Waals surface area contributed by atoms with E-state index in [1.54, 1.807) is 0 Å². The number of halogens is 3. The van der Waals surface area contributed by atoms with Crippen LogP contribution in [0.1, 0.15) is 30.5 Å². The van der Waals surface area contributed by atoms with Crippen molar-refractivity contribution in [1.82, 2.24) is 10.3 Å². The molecule has 1 saturated heterocycles. The normalized spacial score (nSPS) is 29.9. The molecule has 1 aliphatic heterocycles. The van der Waals surface area contributed by atoms with E-state index in [1.807, 2.05) is 0 Å². The average molecular weight is 270 g/mol. The largest absolute Gasteiger partial charge is 0.417 e. The number of hydrogen-bond acceptors (Lipinski definition) is 2. The van der Waals surface area contributed by atoms with Crippen LogP contribution in [0.5, 0.6) is 0 Å². The average Bonchev–Trinajstić information content (AvgIpc) is 3.14. The molecule has 2 nitrogen and oxygen atoms in total. The Morgan fingerprint density at radius 3 is 2.68 bits per heavy atom. The fraction of sp³-hybridized carbons (Fsp3) is 0.643. The molecular formula is C14H17F3N2. The number of alkyl halides is 3. The lowest BCUT2D eigenvalue weighted by atomic mass is 9.99. The van der Waals surface area contributed by atoms with Gasteiger partial charge in [0.2, 0.25) is 0 Å². The molecule has 1 saturated carbocycles. The van der Waals surface area contributed by atoms with Crippen LogP contribution in [0.4, 0.5) is 13.2 Å². The molecule has 1 aromatic rings. The third kappa shape index (κ3) is 3.08. The number of fused-ring (bicyclic) bond motifs is 1. The number of pyridine rings is 1. The molecule has 0 bridgehead atoms. The Bertz CT molecular complexity index is 441. The lowest BCUT2D eigenvalue weighted by Gasteiger charge is -2.22. The Kier molecular flexibility index (Phi) is 3.25. The number of nitrogens with zero attached hydrogens (tertiary/aromatic N) is 1. The monoisotopic (exact) mass is 270 g/mol. The van der Waals surface area contributed by atoms with Crippen LogP contribution in [0.15, 0.2) is 18.3 Å². The second-order valence-corrected chi connectivity index (χ2v) is 5.67.